The summed E-state index contributed by atoms with van der Waals surface area (Å²) in [6.45, 7) is 2.23. The minimum absolute atomic E-state index is 0.0426. The highest BCUT2D eigenvalue weighted by Crippen LogP contribution is 2.30. The fourth-order valence-corrected chi connectivity index (χ4v) is 3.34. The first-order valence-electron chi connectivity index (χ1n) is 8.82. The summed E-state index contributed by atoms with van der Waals surface area (Å²) in [5.41, 5.74) is 13.8. The van der Waals surface area contributed by atoms with Crippen molar-refractivity contribution in [3.05, 3.63) is 34.9 Å². The van der Waals surface area contributed by atoms with Gasteiger partial charge in [0.05, 0.1) is 0 Å². The maximum Gasteiger partial charge on any atom is 0.458 e. The molecule has 1 aromatic rings. The highest BCUT2D eigenvalue weighted by atomic mass is 16.5. The van der Waals surface area contributed by atoms with Crippen LogP contribution in [0.1, 0.15) is 60.5 Å². The summed E-state index contributed by atoms with van der Waals surface area (Å²) in [7, 11) is -1.02. The molecule has 1 aliphatic rings. The highest BCUT2D eigenvalue weighted by molar-refractivity contribution is 6.45. The third-order valence-electron chi connectivity index (χ3n) is 4.77. The van der Waals surface area contributed by atoms with Gasteiger partial charge in [0.25, 0.3) is 0 Å². The summed E-state index contributed by atoms with van der Waals surface area (Å²) >= 11 is 0. The third-order valence-corrected chi connectivity index (χ3v) is 4.77. The number of hydrogen-bond acceptors (Lipinski definition) is 6. The van der Waals surface area contributed by atoms with Gasteiger partial charge in [-0.25, -0.2) is 0 Å². The first-order chi connectivity index (χ1) is 11.9. The zero-order chi connectivity index (χ0) is 18.4. The van der Waals surface area contributed by atoms with Crippen LogP contribution < -0.4 is 11.5 Å². The molecule has 0 amide bonds. The molecule has 7 heteroatoms. The van der Waals surface area contributed by atoms with Gasteiger partial charge >= 0.3 is 7.12 Å². The molecule has 0 bridgehead atoms. The number of benzene rings is 1. The Bertz CT molecular complexity index is 623. The van der Waals surface area contributed by atoms with E-state index in [2.05, 4.69) is 0 Å². The summed E-state index contributed by atoms with van der Waals surface area (Å²) < 4.78 is 5.60. The van der Waals surface area contributed by atoms with Crippen LogP contribution in [0.3, 0.4) is 0 Å². The molecule has 1 fully saturated rings. The van der Waals surface area contributed by atoms with E-state index in [9.17, 15) is 14.6 Å². The molecule has 0 spiro atoms. The average Bonchev–Trinajstić information content (AvgIpc) is 2.75. The van der Waals surface area contributed by atoms with E-state index >= 15 is 0 Å². The molecule has 0 radical (unpaired) electrons. The summed E-state index contributed by atoms with van der Waals surface area (Å²) in [5, 5.41) is 10.3. The van der Waals surface area contributed by atoms with Crippen molar-refractivity contribution in [2.24, 2.45) is 11.5 Å². The van der Waals surface area contributed by atoms with E-state index in [1.807, 2.05) is 6.07 Å². The van der Waals surface area contributed by atoms with Crippen LogP contribution in [0.5, 0.6) is 0 Å². The molecule has 0 saturated carbocycles. The van der Waals surface area contributed by atoms with Gasteiger partial charge in [-0.3, -0.25) is 9.59 Å². The van der Waals surface area contributed by atoms with Crippen molar-refractivity contribution in [3.8, 4) is 0 Å². The topological polar surface area (TPSA) is 116 Å². The number of nitrogens with two attached hydrogens (primary N) is 2. The Labute approximate surface area is 149 Å². The maximum atomic E-state index is 12.6. The van der Waals surface area contributed by atoms with Crippen molar-refractivity contribution < 1.29 is 19.3 Å². The number of carbonyl (C=O) groups excluding carboxylic acids is 2. The number of carbonyl (C=O) groups is 2. The van der Waals surface area contributed by atoms with Crippen molar-refractivity contribution in [2.45, 2.75) is 64.0 Å². The van der Waals surface area contributed by atoms with Crippen LogP contribution in [0.2, 0.25) is 5.82 Å². The lowest BCUT2D eigenvalue weighted by Crippen LogP contribution is -2.30. The van der Waals surface area contributed by atoms with Crippen molar-refractivity contribution in [3.63, 3.8) is 0 Å². The van der Waals surface area contributed by atoms with Gasteiger partial charge in [-0.2, -0.15) is 0 Å². The van der Waals surface area contributed by atoms with Crippen molar-refractivity contribution in [1.29, 1.82) is 0 Å². The molecule has 5 N–H and O–H groups in total. The molecule has 1 aliphatic heterocycles. The summed E-state index contributed by atoms with van der Waals surface area (Å²) in [6, 6.07) is 5.37. The SMILES string of the molecule is CC(=O)C[C@H]1CCC[C@H](CC(=O)c2ccc(CN)c(CN)c2)B(O)O1. The number of Topliss-reactive ketones (excluding diaryl/α,β-unsaturated/α-hetero) is 2. The molecule has 0 aliphatic carbocycles. The lowest BCUT2D eigenvalue weighted by atomic mass is 9.67. The number of hydrogen-bond donors (Lipinski definition) is 3. The second-order valence-electron chi connectivity index (χ2n) is 6.76. The Kier molecular flexibility index (Phi) is 7.31. The Balaban J connectivity index is 2.03. The van der Waals surface area contributed by atoms with Crippen LogP contribution in [0.4, 0.5) is 0 Å². The molecule has 25 heavy (non-hydrogen) atoms. The molecule has 6 nitrogen and oxygen atoms in total. The smallest absolute Gasteiger partial charge is 0.427 e. The van der Waals surface area contributed by atoms with Crippen LogP contribution in [-0.2, 0) is 22.5 Å². The predicted molar refractivity (Wildman–Crippen MR) is 96.9 cm³/mol. The zero-order valence-corrected chi connectivity index (χ0v) is 14.7. The van der Waals surface area contributed by atoms with Crippen LogP contribution >= 0.6 is 0 Å². The monoisotopic (exact) mass is 346 g/mol. The fraction of sp³-hybridized carbons (Fsp3) is 0.556. The van der Waals surface area contributed by atoms with Gasteiger partial charge in [-0.05, 0) is 30.5 Å². The fourth-order valence-electron chi connectivity index (χ4n) is 3.34. The lowest BCUT2D eigenvalue weighted by molar-refractivity contribution is -0.118. The van der Waals surface area contributed by atoms with E-state index < -0.39 is 7.12 Å². The maximum absolute atomic E-state index is 12.6. The van der Waals surface area contributed by atoms with E-state index in [-0.39, 0.29) is 29.9 Å². The van der Waals surface area contributed by atoms with Gasteiger partial charge in [0.1, 0.15) is 5.78 Å². The van der Waals surface area contributed by atoms with Gasteiger partial charge in [-0.15, -0.1) is 0 Å². The molecule has 2 rings (SSSR count). The van der Waals surface area contributed by atoms with E-state index in [0.717, 1.165) is 24.0 Å². The van der Waals surface area contributed by atoms with Crippen LogP contribution in [0.15, 0.2) is 18.2 Å². The summed E-state index contributed by atoms with van der Waals surface area (Å²) in [6.07, 6.45) is 2.50. The van der Waals surface area contributed by atoms with Crippen molar-refractivity contribution in [1.82, 2.24) is 0 Å². The molecular formula is C18H27BN2O4. The molecule has 1 heterocycles. The van der Waals surface area contributed by atoms with Crippen molar-refractivity contribution >= 4 is 18.7 Å². The largest absolute Gasteiger partial charge is 0.458 e. The Hall–Kier alpha value is -1.54. The van der Waals surface area contributed by atoms with E-state index in [0.29, 0.717) is 31.5 Å². The molecular weight excluding hydrogens is 319 g/mol. The molecule has 1 saturated heterocycles. The van der Waals surface area contributed by atoms with Crippen LogP contribution in [0, 0.1) is 0 Å². The van der Waals surface area contributed by atoms with E-state index in [4.69, 9.17) is 16.1 Å². The van der Waals surface area contributed by atoms with Crippen LogP contribution in [0.25, 0.3) is 0 Å². The first kappa shape index (κ1) is 19.8. The Morgan fingerprint density at radius 1 is 1.20 bits per heavy atom. The second-order valence-corrected chi connectivity index (χ2v) is 6.76. The van der Waals surface area contributed by atoms with Gasteiger partial charge in [0, 0.05) is 43.4 Å². The van der Waals surface area contributed by atoms with Gasteiger partial charge < -0.3 is 21.1 Å². The Morgan fingerprint density at radius 2 is 1.92 bits per heavy atom. The van der Waals surface area contributed by atoms with Gasteiger partial charge in [-0.1, -0.05) is 25.0 Å². The molecule has 136 valence electrons. The van der Waals surface area contributed by atoms with Crippen molar-refractivity contribution in [2.75, 3.05) is 0 Å². The summed E-state index contributed by atoms with van der Waals surface area (Å²) in [4.78, 5) is 23.9. The summed E-state index contributed by atoms with van der Waals surface area (Å²) in [5.74, 6) is -0.267. The zero-order valence-electron chi connectivity index (χ0n) is 14.7. The normalized spacial score (nSPS) is 21.0. The highest BCUT2D eigenvalue weighted by Gasteiger charge is 2.34. The molecule has 2 atom stereocenters. The molecule has 1 aromatic carbocycles. The molecule has 0 unspecified atom stereocenters. The van der Waals surface area contributed by atoms with Gasteiger partial charge in [0.2, 0.25) is 0 Å². The third kappa shape index (κ3) is 5.47. The number of ketones is 2. The quantitative estimate of drug-likeness (QED) is 0.510. The average molecular weight is 346 g/mol. The predicted octanol–water partition coefficient (Wildman–Crippen LogP) is 1.58. The van der Waals surface area contributed by atoms with E-state index in [1.54, 1.807) is 12.1 Å². The minimum atomic E-state index is -1.02. The minimum Gasteiger partial charge on any atom is -0.427 e. The standard InChI is InChI=1S/C18H27BN2O4/c1-12(22)7-17-4-2-3-16(19(24)25-17)9-18(23)13-5-6-14(10-20)15(8-13)11-21/h5-6,8,16-17,24H,2-4,7,9-11,20-21H2,1H3/t16-,17-/m1/s1. The Morgan fingerprint density at radius 3 is 2.56 bits per heavy atom. The lowest BCUT2D eigenvalue weighted by Gasteiger charge is -2.19. The first-order valence-corrected chi connectivity index (χ1v) is 8.82. The van der Waals surface area contributed by atoms with Gasteiger partial charge in [0.15, 0.2) is 5.78 Å². The van der Waals surface area contributed by atoms with E-state index in [1.165, 1.54) is 6.92 Å². The second kappa shape index (κ2) is 9.24. The van der Waals surface area contributed by atoms with Crippen LogP contribution in [-0.4, -0.2) is 29.8 Å². The molecule has 0 aromatic heterocycles. The number of rotatable bonds is 7.